The Kier molecular flexibility index (Phi) is 4.29. The zero-order valence-electron chi connectivity index (χ0n) is 16.9. The van der Waals surface area contributed by atoms with Gasteiger partial charge in [-0.15, -0.1) is 0 Å². The molecule has 1 spiro atoms. The van der Waals surface area contributed by atoms with Crippen LogP contribution in [0.15, 0.2) is 53.4 Å². The number of hydrogen-bond acceptors (Lipinski definition) is 7. The van der Waals surface area contributed by atoms with Gasteiger partial charge >= 0.3 is 0 Å². The van der Waals surface area contributed by atoms with Crippen LogP contribution in [0.4, 0.5) is 14.6 Å². The highest BCUT2D eigenvalue weighted by molar-refractivity contribution is 5.63. The van der Waals surface area contributed by atoms with Crippen LogP contribution in [-0.2, 0) is 11.3 Å². The van der Waals surface area contributed by atoms with Crippen molar-refractivity contribution in [2.24, 2.45) is 5.41 Å². The van der Waals surface area contributed by atoms with Gasteiger partial charge in [-0.2, -0.15) is 5.10 Å². The number of halogens is 2. The van der Waals surface area contributed by atoms with E-state index < -0.39 is 5.82 Å². The topological polar surface area (TPSA) is 82.1 Å². The second-order valence-corrected chi connectivity index (χ2v) is 8.26. The fraction of sp³-hybridized carbons (Fsp3) is 0.273. The highest BCUT2D eigenvalue weighted by Gasteiger charge is 2.50. The molecule has 5 heterocycles. The fourth-order valence-corrected chi connectivity index (χ4v) is 4.18. The van der Waals surface area contributed by atoms with Crippen molar-refractivity contribution in [1.82, 2.24) is 24.9 Å². The zero-order chi connectivity index (χ0) is 21.7. The van der Waals surface area contributed by atoms with Crippen LogP contribution >= 0.6 is 0 Å². The van der Waals surface area contributed by atoms with Crippen molar-refractivity contribution in [3.05, 3.63) is 66.1 Å². The van der Waals surface area contributed by atoms with Crippen molar-refractivity contribution in [2.45, 2.75) is 6.54 Å². The third kappa shape index (κ3) is 3.14. The Hall–Kier alpha value is -3.66. The molecule has 10 heteroatoms. The van der Waals surface area contributed by atoms with Crippen LogP contribution in [-0.4, -0.2) is 51.2 Å². The van der Waals surface area contributed by atoms with Gasteiger partial charge in [-0.25, -0.2) is 18.7 Å². The molecule has 2 aliphatic heterocycles. The molecule has 0 N–H and O–H groups in total. The lowest BCUT2D eigenvalue weighted by atomic mass is 9.78. The number of benzene rings is 1. The maximum atomic E-state index is 14.5. The summed E-state index contributed by atoms with van der Waals surface area (Å²) < 4.78 is 40.6. The molecule has 2 fully saturated rings. The normalized spacial score (nSPS) is 16.8. The van der Waals surface area contributed by atoms with E-state index >= 15 is 0 Å². The Morgan fingerprint density at radius 2 is 1.88 bits per heavy atom. The minimum absolute atomic E-state index is 0.124. The third-order valence-corrected chi connectivity index (χ3v) is 5.88. The van der Waals surface area contributed by atoms with Crippen LogP contribution in [0.3, 0.4) is 0 Å². The van der Waals surface area contributed by atoms with E-state index in [1.165, 1.54) is 12.3 Å². The molecule has 0 saturated carbocycles. The summed E-state index contributed by atoms with van der Waals surface area (Å²) in [4.78, 5) is 10.5. The Balaban J connectivity index is 1.36. The first-order chi connectivity index (χ1) is 15.6. The summed E-state index contributed by atoms with van der Waals surface area (Å²) in [5, 5.41) is 8.57. The number of anilines is 1. The maximum Gasteiger partial charge on any atom is 0.183 e. The standard InChI is InChI=1S/C22H18F2N6O2/c23-15-4-2-1-3-14(15)9-30-19(17-5-6-32-28-17)7-18(27-30)20-25-8-16(24)21(26-20)29-10-22(11-29)12-31-13-22/h1-8H,9-13H2. The summed E-state index contributed by atoms with van der Waals surface area (Å²) >= 11 is 0. The molecule has 0 amide bonds. The van der Waals surface area contributed by atoms with Gasteiger partial charge in [0, 0.05) is 24.7 Å². The Labute approximate surface area is 181 Å². The van der Waals surface area contributed by atoms with Crippen molar-refractivity contribution in [1.29, 1.82) is 0 Å². The van der Waals surface area contributed by atoms with E-state index in [0.29, 0.717) is 48.9 Å². The quantitative estimate of drug-likeness (QED) is 0.475. The molecule has 2 aliphatic rings. The van der Waals surface area contributed by atoms with Crippen LogP contribution in [0, 0.1) is 17.0 Å². The lowest BCUT2D eigenvalue weighted by Crippen LogP contribution is -2.66. The van der Waals surface area contributed by atoms with Crippen LogP contribution in [0.2, 0.25) is 0 Å². The molecule has 4 aromatic rings. The zero-order valence-corrected chi connectivity index (χ0v) is 16.9. The SMILES string of the molecule is Fc1ccccc1Cn1nc(-c2ncc(F)c(N3CC4(COC4)C3)n2)cc1-c1ccon1. The molecule has 2 saturated heterocycles. The number of rotatable bonds is 5. The number of aromatic nitrogens is 5. The molecule has 0 atom stereocenters. The highest BCUT2D eigenvalue weighted by atomic mass is 19.1. The number of ether oxygens (including phenoxy) is 1. The fourth-order valence-electron chi connectivity index (χ4n) is 4.18. The van der Waals surface area contributed by atoms with E-state index in [1.807, 2.05) is 4.90 Å². The van der Waals surface area contributed by atoms with Crippen molar-refractivity contribution in [3.63, 3.8) is 0 Å². The minimum atomic E-state index is -0.480. The maximum absolute atomic E-state index is 14.5. The largest absolute Gasteiger partial charge is 0.380 e. The van der Waals surface area contributed by atoms with Crippen LogP contribution in [0.5, 0.6) is 0 Å². The first kappa shape index (κ1) is 19.1. The summed E-state index contributed by atoms with van der Waals surface area (Å²) in [6, 6.07) is 9.93. The Bertz CT molecular complexity index is 1280. The lowest BCUT2D eigenvalue weighted by Gasteiger charge is -2.55. The minimum Gasteiger partial charge on any atom is -0.380 e. The van der Waals surface area contributed by atoms with E-state index in [4.69, 9.17) is 9.26 Å². The molecule has 0 unspecified atom stereocenters. The van der Waals surface area contributed by atoms with Gasteiger partial charge in [-0.05, 0) is 12.1 Å². The predicted molar refractivity (Wildman–Crippen MR) is 110 cm³/mol. The summed E-state index contributed by atoms with van der Waals surface area (Å²) in [5.74, 6) is -0.280. The van der Waals surface area contributed by atoms with Gasteiger partial charge in [0.2, 0.25) is 0 Å². The van der Waals surface area contributed by atoms with Crippen molar-refractivity contribution >= 4 is 5.82 Å². The molecule has 1 aromatic carbocycles. The molecular weight excluding hydrogens is 418 g/mol. The lowest BCUT2D eigenvalue weighted by molar-refractivity contribution is -0.127. The van der Waals surface area contributed by atoms with E-state index in [1.54, 1.807) is 35.0 Å². The highest BCUT2D eigenvalue weighted by Crippen LogP contribution is 2.40. The molecule has 0 aliphatic carbocycles. The molecule has 162 valence electrons. The summed E-state index contributed by atoms with van der Waals surface area (Å²) in [6.45, 7) is 2.98. The Morgan fingerprint density at radius 1 is 1.03 bits per heavy atom. The number of nitrogens with zero attached hydrogens (tertiary/aromatic N) is 6. The molecule has 0 bridgehead atoms. The summed E-state index contributed by atoms with van der Waals surface area (Å²) in [5.41, 5.74) is 2.18. The molecule has 3 aromatic heterocycles. The molecule has 32 heavy (non-hydrogen) atoms. The summed E-state index contributed by atoms with van der Waals surface area (Å²) in [6.07, 6.45) is 2.61. The van der Waals surface area contributed by atoms with E-state index in [9.17, 15) is 8.78 Å². The van der Waals surface area contributed by atoms with Gasteiger partial charge in [-0.1, -0.05) is 23.4 Å². The molecule has 0 radical (unpaired) electrons. The van der Waals surface area contributed by atoms with Crippen LogP contribution in [0.25, 0.3) is 22.9 Å². The molecule has 6 rings (SSSR count). The van der Waals surface area contributed by atoms with E-state index in [0.717, 1.165) is 6.20 Å². The number of hydrogen-bond donors (Lipinski definition) is 0. The average molecular weight is 436 g/mol. The first-order valence-electron chi connectivity index (χ1n) is 10.2. The molecular formula is C22H18F2N6O2. The smallest absolute Gasteiger partial charge is 0.183 e. The summed E-state index contributed by atoms with van der Waals surface area (Å²) in [7, 11) is 0. The van der Waals surface area contributed by atoms with Gasteiger partial charge in [0.05, 0.1) is 37.1 Å². The second-order valence-electron chi connectivity index (χ2n) is 8.26. The second kappa shape index (κ2) is 7.20. The van der Waals surface area contributed by atoms with Crippen molar-refractivity contribution < 1.29 is 18.0 Å². The van der Waals surface area contributed by atoms with Crippen molar-refractivity contribution in [2.75, 3.05) is 31.2 Å². The van der Waals surface area contributed by atoms with Crippen molar-refractivity contribution in [3.8, 4) is 22.9 Å². The van der Waals surface area contributed by atoms with Crippen LogP contribution in [0.1, 0.15) is 5.56 Å². The average Bonchev–Trinajstić information content (AvgIpc) is 3.39. The molecule has 8 nitrogen and oxygen atoms in total. The monoisotopic (exact) mass is 436 g/mol. The predicted octanol–water partition coefficient (Wildman–Crippen LogP) is 3.16. The third-order valence-electron chi connectivity index (χ3n) is 5.88. The van der Waals surface area contributed by atoms with E-state index in [-0.39, 0.29) is 29.4 Å². The van der Waals surface area contributed by atoms with Gasteiger partial charge in [-0.3, -0.25) is 4.68 Å². The van der Waals surface area contributed by atoms with Gasteiger partial charge in [0.1, 0.15) is 23.5 Å². The van der Waals surface area contributed by atoms with Gasteiger partial charge in [0.25, 0.3) is 0 Å². The van der Waals surface area contributed by atoms with Gasteiger partial charge < -0.3 is 14.2 Å². The first-order valence-corrected chi connectivity index (χ1v) is 10.2. The van der Waals surface area contributed by atoms with Gasteiger partial charge in [0.15, 0.2) is 17.5 Å². The van der Waals surface area contributed by atoms with Crippen LogP contribution < -0.4 is 4.90 Å². The Morgan fingerprint density at radius 3 is 2.59 bits per heavy atom. The van der Waals surface area contributed by atoms with E-state index in [2.05, 4.69) is 20.2 Å².